The van der Waals surface area contributed by atoms with E-state index in [4.69, 9.17) is 9.47 Å². The predicted molar refractivity (Wildman–Crippen MR) is 121 cm³/mol. The minimum Gasteiger partial charge on any atom is -0.470 e. The van der Waals surface area contributed by atoms with Crippen LogP contribution in [0, 0.1) is 0 Å². The number of aryl methyl sites for hydroxylation is 1. The van der Waals surface area contributed by atoms with Crippen LogP contribution in [0.3, 0.4) is 0 Å². The molecule has 4 aromatic heterocycles. The largest absolute Gasteiger partial charge is 0.470 e. The van der Waals surface area contributed by atoms with Gasteiger partial charge in [-0.05, 0) is 12.1 Å². The van der Waals surface area contributed by atoms with Crippen LogP contribution in [0.1, 0.15) is 16.1 Å². The molecule has 1 amide bonds. The van der Waals surface area contributed by atoms with E-state index in [1.807, 2.05) is 35.5 Å². The number of nitrogens with one attached hydrogen (secondary N) is 1. The van der Waals surface area contributed by atoms with Gasteiger partial charge in [0.2, 0.25) is 11.8 Å². The van der Waals surface area contributed by atoms with Gasteiger partial charge in [0.15, 0.2) is 0 Å². The number of carbonyl (C=O) groups is 1. The molecule has 0 radical (unpaired) electrons. The maximum Gasteiger partial charge on any atom is 0.263 e. The van der Waals surface area contributed by atoms with Crippen LogP contribution < -0.4 is 10.1 Å². The lowest BCUT2D eigenvalue weighted by Crippen LogP contribution is -2.20. The van der Waals surface area contributed by atoms with Gasteiger partial charge in [0.25, 0.3) is 5.91 Å². The smallest absolute Gasteiger partial charge is 0.263 e. The summed E-state index contributed by atoms with van der Waals surface area (Å²) in [6.45, 7) is 1.20. The van der Waals surface area contributed by atoms with Crippen LogP contribution in [0.25, 0.3) is 16.7 Å². The highest BCUT2D eigenvalue weighted by Crippen LogP contribution is 2.31. The Morgan fingerprint density at radius 1 is 1.38 bits per heavy atom. The zero-order valence-corrected chi connectivity index (χ0v) is 18.8. The van der Waals surface area contributed by atoms with Crippen molar-refractivity contribution < 1.29 is 14.3 Å². The van der Waals surface area contributed by atoms with Crippen molar-refractivity contribution >= 4 is 39.9 Å². The Balaban J connectivity index is 1.52. The molecule has 5 rings (SSSR count). The molecular formula is C21H23N7O3S. The molecule has 1 fully saturated rings. The van der Waals surface area contributed by atoms with Crippen LogP contribution in [-0.2, 0) is 11.8 Å². The second-order valence-electron chi connectivity index (χ2n) is 7.77. The summed E-state index contributed by atoms with van der Waals surface area (Å²) in [5.74, 6) is 0.830. The van der Waals surface area contributed by atoms with Crippen LogP contribution in [0.4, 0.5) is 11.6 Å². The number of hydrogen-bond donors (Lipinski definition) is 1. The second kappa shape index (κ2) is 8.24. The zero-order valence-electron chi connectivity index (χ0n) is 18.0. The van der Waals surface area contributed by atoms with Gasteiger partial charge in [0.05, 0.1) is 41.2 Å². The summed E-state index contributed by atoms with van der Waals surface area (Å²) in [6.07, 6.45) is 6.37. The number of nitrogens with zero attached hydrogens (tertiary/aromatic N) is 6. The third-order valence-corrected chi connectivity index (χ3v) is 6.03. The highest BCUT2D eigenvalue weighted by atomic mass is 32.1. The first-order valence-electron chi connectivity index (χ1n) is 10.2. The first-order chi connectivity index (χ1) is 15.5. The SMILES string of the molecule is CN(C)C(=O)c1cc(Nc2nc(O[C@@H]3CCOC3)c3c(ccn3-c3cnn(C)c3)n2)cs1. The summed E-state index contributed by atoms with van der Waals surface area (Å²) in [4.78, 5) is 23.7. The van der Waals surface area contributed by atoms with Gasteiger partial charge in [0, 0.05) is 45.3 Å². The molecule has 0 bridgehead atoms. The molecule has 0 saturated carbocycles. The summed E-state index contributed by atoms with van der Waals surface area (Å²) in [5.41, 5.74) is 3.15. The normalized spacial score (nSPS) is 15.9. The summed E-state index contributed by atoms with van der Waals surface area (Å²) >= 11 is 1.37. The average molecular weight is 454 g/mol. The highest BCUT2D eigenvalue weighted by molar-refractivity contribution is 7.12. The first kappa shape index (κ1) is 20.5. The number of ether oxygens (including phenoxy) is 2. The van der Waals surface area contributed by atoms with Crippen molar-refractivity contribution in [3.05, 3.63) is 41.0 Å². The van der Waals surface area contributed by atoms with Gasteiger partial charge >= 0.3 is 0 Å². The third-order valence-electron chi connectivity index (χ3n) is 5.11. The van der Waals surface area contributed by atoms with Gasteiger partial charge in [-0.3, -0.25) is 9.48 Å². The Hall–Kier alpha value is -3.44. The van der Waals surface area contributed by atoms with Gasteiger partial charge in [0.1, 0.15) is 11.6 Å². The van der Waals surface area contributed by atoms with E-state index >= 15 is 0 Å². The van der Waals surface area contributed by atoms with Gasteiger partial charge in [-0.1, -0.05) is 0 Å². The summed E-state index contributed by atoms with van der Waals surface area (Å²) in [5, 5.41) is 9.35. The maximum absolute atomic E-state index is 12.2. The molecule has 1 atom stereocenters. The molecule has 0 aromatic carbocycles. The highest BCUT2D eigenvalue weighted by Gasteiger charge is 2.22. The Labute approximate surface area is 188 Å². The monoisotopic (exact) mass is 453 g/mol. The van der Waals surface area contributed by atoms with Gasteiger partial charge < -0.3 is 24.3 Å². The first-order valence-corrected chi connectivity index (χ1v) is 11.1. The Bertz CT molecular complexity index is 1270. The Morgan fingerprint density at radius 2 is 2.25 bits per heavy atom. The molecule has 0 aliphatic carbocycles. The average Bonchev–Trinajstić information content (AvgIpc) is 3.54. The van der Waals surface area contributed by atoms with Crippen LogP contribution >= 0.6 is 11.3 Å². The van der Waals surface area contributed by atoms with Crippen LogP contribution in [0.2, 0.25) is 0 Å². The molecule has 1 aliphatic rings. The van der Waals surface area contributed by atoms with Crippen LogP contribution in [-0.4, -0.2) is 68.5 Å². The van der Waals surface area contributed by atoms with Crippen molar-refractivity contribution in [3.63, 3.8) is 0 Å². The van der Waals surface area contributed by atoms with E-state index in [9.17, 15) is 4.79 Å². The van der Waals surface area contributed by atoms with Crippen molar-refractivity contribution in [2.45, 2.75) is 12.5 Å². The zero-order chi connectivity index (χ0) is 22.2. The van der Waals surface area contributed by atoms with Crippen molar-refractivity contribution in [2.75, 3.05) is 32.6 Å². The molecule has 0 spiro atoms. The van der Waals surface area contributed by atoms with Crippen molar-refractivity contribution in [2.24, 2.45) is 7.05 Å². The molecule has 32 heavy (non-hydrogen) atoms. The number of thiophene rings is 1. The number of carbonyl (C=O) groups excluding carboxylic acids is 1. The molecule has 166 valence electrons. The molecule has 11 heteroatoms. The summed E-state index contributed by atoms with van der Waals surface area (Å²) in [7, 11) is 5.34. The molecular weight excluding hydrogens is 430 g/mol. The lowest BCUT2D eigenvalue weighted by atomic mass is 10.3. The van der Waals surface area contributed by atoms with E-state index in [1.54, 1.807) is 35.9 Å². The number of aromatic nitrogens is 5. The Kier molecular flexibility index (Phi) is 5.27. The van der Waals surface area contributed by atoms with Crippen LogP contribution in [0.5, 0.6) is 5.88 Å². The van der Waals surface area contributed by atoms with Gasteiger partial charge in [-0.25, -0.2) is 4.98 Å². The van der Waals surface area contributed by atoms with Crippen molar-refractivity contribution in [1.29, 1.82) is 0 Å². The van der Waals surface area contributed by atoms with Gasteiger partial charge in [-0.2, -0.15) is 10.1 Å². The number of hydrogen-bond acceptors (Lipinski definition) is 8. The van der Waals surface area contributed by atoms with E-state index in [0.29, 0.717) is 29.9 Å². The standard InChI is InChI=1S/C21H23N7O3S/c1-26(2)20(29)17-8-13(12-32-17)23-21-24-16-4-6-28(14-9-22-27(3)10-14)18(16)19(25-21)31-15-5-7-30-11-15/h4,6,8-10,12,15H,5,7,11H2,1-3H3,(H,23,24,25)/t15-/m1/s1. The lowest BCUT2D eigenvalue weighted by Gasteiger charge is -2.14. The lowest BCUT2D eigenvalue weighted by molar-refractivity contribution is 0.0832. The van der Waals surface area contributed by atoms with E-state index in [1.165, 1.54) is 11.3 Å². The van der Waals surface area contributed by atoms with E-state index in [0.717, 1.165) is 28.8 Å². The Morgan fingerprint density at radius 3 is 2.97 bits per heavy atom. The second-order valence-corrected chi connectivity index (χ2v) is 8.68. The predicted octanol–water partition coefficient (Wildman–Crippen LogP) is 2.83. The molecule has 10 nitrogen and oxygen atoms in total. The summed E-state index contributed by atoms with van der Waals surface area (Å²) in [6, 6.07) is 3.72. The fourth-order valence-electron chi connectivity index (χ4n) is 3.53. The molecule has 0 unspecified atom stereocenters. The number of rotatable bonds is 6. The topological polar surface area (TPSA) is 99.3 Å². The fraction of sp³-hybridized carbons (Fsp3) is 0.333. The van der Waals surface area contributed by atoms with E-state index in [2.05, 4.69) is 20.4 Å². The van der Waals surface area contributed by atoms with E-state index < -0.39 is 0 Å². The van der Waals surface area contributed by atoms with Crippen molar-refractivity contribution in [1.82, 2.24) is 29.2 Å². The quantitative estimate of drug-likeness (QED) is 0.479. The molecule has 1 N–H and O–H groups in total. The molecule has 4 aromatic rings. The third kappa shape index (κ3) is 3.92. The van der Waals surface area contributed by atoms with Crippen LogP contribution in [0.15, 0.2) is 36.1 Å². The number of amides is 1. The number of anilines is 2. The number of fused-ring (bicyclic) bond motifs is 1. The molecule has 1 saturated heterocycles. The molecule has 5 heterocycles. The fourth-order valence-corrected chi connectivity index (χ4v) is 4.39. The minimum atomic E-state index is -0.0661. The maximum atomic E-state index is 12.2. The van der Waals surface area contributed by atoms with Crippen molar-refractivity contribution in [3.8, 4) is 11.6 Å². The summed E-state index contributed by atoms with van der Waals surface area (Å²) < 4.78 is 15.4. The van der Waals surface area contributed by atoms with E-state index in [-0.39, 0.29) is 12.0 Å². The molecule has 1 aliphatic heterocycles. The minimum absolute atomic E-state index is 0.0433. The van der Waals surface area contributed by atoms with Gasteiger partial charge in [-0.15, -0.1) is 11.3 Å².